The molecule has 172 valence electrons. The van der Waals surface area contributed by atoms with Crippen LogP contribution >= 0.6 is 0 Å². The molecule has 1 heterocycles. The van der Waals surface area contributed by atoms with Gasteiger partial charge in [-0.15, -0.1) is 0 Å². The van der Waals surface area contributed by atoms with E-state index in [4.69, 9.17) is 9.31 Å². The van der Waals surface area contributed by atoms with Crippen LogP contribution in [0.4, 0.5) is 0 Å². The number of hydrogen-bond donors (Lipinski definition) is 0. The van der Waals surface area contributed by atoms with Crippen LogP contribution in [-0.2, 0) is 9.31 Å². The Morgan fingerprint density at radius 1 is 0.514 bits per heavy atom. The summed E-state index contributed by atoms with van der Waals surface area (Å²) in [5, 5.41) is 4.94. The molecule has 0 radical (unpaired) electrons. The van der Waals surface area contributed by atoms with Crippen LogP contribution in [0.2, 0.25) is 0 Å². The first kappa shape index (κ1) is 22.1. The monoisotopic (exact) mass is 456 g/mol. The van der Waals surface area contributed by atoms with Crippen LogP contribution in [0.1, 0.15) is 27.7 Å². The van der Waals surface area contributed by atoms with Crippen molar-refractivity contribution >= 4 is 34.1 Å². The Morgan fingerprint density at radius 2 is 1.11 bits per heavy atom. The van der Waals surface area contributed by atoms with E-state index in [1.165, 1.54) is 43.8 Å². The minimum absolute atomic E-state index is 0.369. The summed E-state index contributed by atoms with van der Waals surface area (Å²) in [6, 6.07) is 36.9. The second-order valence-corrected chi connectivity index (χ2v) is 10.5. The minimum atomic E-state index is -0.385. The molecule has 0 N–H and O–H groups in total. The molecule has 0 aliphatic carbocycles. The maximum absolute atomic E-state index is 6.37. The first-order valence-corrected chi connectivity index (χ1v) is 12.3. The first-order chi connectivity index (χ1) is 16.8. The summed E-state index contributed by atoms with van der Waals surface area (Å²) < 4.78 is 12.7. The second-order valence-electron chi connectivity index (χ2n) is 10.5. The fourth-order valence-electron chi connectivity index (χ4n) is 4.97. The van der Waals surface area contributed by atoms with Crippen LogP contribution in [0.3, 0.4) is 0 Å². The van der Waals surface area contributed by atoms with Crippen molar-refractivity contribution in [2.75, 3.05) is 0 Å². The lowest BCUT2D eigenvalue weighted by atomic mass is 9.77. The van der Waals surface area contributed by atoms with Gasteiger partial charge in [0.2, 0.25) is 0 Å². The summed E-state index contributed by atoms with van der Waals surface area (Å²) in [5.74, 6) is 0. The van der Waals surface area contributed by atoms with Gasteiger partial charge in [0.1, 0.15) is 0 Å². The smallest absolute Gasteiger partial charge is 0.399 e. The second kappa shape index (κ2) is 8.08. The molecule has 0 saturated carbocycles. The SMILES string of the molecule is CC1(C)OB(c2ccc3c(c2)c(-c2ccccc2)cc2cc(-c4ccccc4)ccc23)OC1(C)C. The normalized spacial score (nSPS) is 16.7. The Hall–Kier alpha value is -3.40. The van der Waals surface area contributed by atoms with Crippen molar-refractivity contribution in [2.45, 2.75) is 38.9 Å². The molecule has 0 atom stereocenters. The van der Waals surface area contributed by atoms with Crippen LogP contribution in [0.5, 0.6) is 0 Å². The predicted molar refractivity (Wildman–Crippen MR) is 148 cm³/mol. The average molecular weight is 456 g/mol. The summed E-state index contributed by atoms with van der Waals surface area (Å²) in [4.78, 5) is 0. The van der Waals surface area contributed by atoms with E-state index in [-0.39, 0.29) is 18.3 Å². The molecule has 1 saturated heterocycles. The van der Waals surface area contributed by atoms with E-state index in [1.807, 2.05) is 0 Å². The maximum atomic E-state index is 6.37. The number of rotatable bonds is 3. The molecule has 5 aromatic rings. The highest BCUT2D eigenvalue weighted by atomic mass is 16.7. The molecule has 0 unspecified atom stereocenters. The van der Waals surface area contributed by atoms with Crippen LogP contribution in [0.15, 0.2) is 103 Å². The Morgan fingerprint density at radius 3 is 1.77 bits per heavy atom. The van der Waals surface area contributed by atoms with E-state index in [2.05, 4.69) is 131 Å². The van der Waals surface area contributed by atoms with Crippen molar-refractivity contribution in [3.05, 3.63) is 103 Å². The van der Waals surface area contributed by atoms with E-state index in [9.17, 15) is 0 Å². The van der Waals surface area contributed by atoms with Crippen molar-refractivity contribution in [3.8, 4) is 22.3 Å². The van der Waals surface area contributed by atoms with E-state index in [1.54, 1.807) is 0 Å². The van der Waals surface area contributed by atoms with Crippen LogP contribution in [0.25, 0.3) is 43.8 Å². The van der Waals surface area contributed by atoms with Crippen molar-refractivity contribution in [1.82, 2.24) is 0 Å². The predicted octanol–water partition coefficient (Wildman–Crippen LogP) is 7.63. The zero-order valence-electron chi connectivity index (χ0n) is 20.7. The van der Waals surface area contributed by atoms with E-state index < -0.39 is 0 Å². The third-order valence-electron chi connectivity index (χ3n) is 7.69. The van der Waals surface area contributed by atoms with E-state index >= 15 is 0 Å². The molecule has 5 aromatic carbocycles. The summed E-state index contributed by atoms with van der Waals surface area (Å²) >= 11 is 0. The molecule has 6 rings (SSSR count). The van der Waals surface area contributed by atoms with Gasteiger partial charge < -0.3 is 9.31 Å². The molecule has 0 bridgehead atoms. The van der Waals surface area contributed by atoms with Gasteiger partial charge in [0.15, 0.2) is 0 Å². The third-order valence-corrected chi connectivity index (χ3v) is 7.69. The fourth-order valence-corrected chi connectivity index (χ4v) is 4.97. The Kier molecular flexibility index (Phi) is 5.10. The largest absolute Gasteiger partial charge is 0.494 e. The Bertz CT molecular complexity index is 1520. The molecule has 0 amide bonds. The highest BCUT2D eigenvalue weighted by molar-refractivity contribution is 6.62. The number of benzene rings is 5. The van der Waals surface area contributed by atoms with Gasteiger partial charge in [-0.05, 0) is 89.1 Å². The van der Waals surface area contributed by atoms with Crippen LogP contribution < -0.4 is 5.46 Å². The maximum Gasteiger partial charge on any atom is 0.494 e. The standard InChI is InChI=1S/C32H29BO2/c1-31(2)32(3,4)35-33(34-31)26-16-18-28-27-17-15-24(22-11-7-5-8-12-22)19-25(27)20-29(30(28)21-26)23-13-9-6-10-14-23/h5-21H,1-4H3. The van der Waals surface area contributed by atoms with Gasteiger partial charge in [0.05, 0.1) is 11.2 Å². The van der Waals surface area contributed by atoms with Gasteiger partial charge in [-0.1, -0.05) is 91.0 Å². The highest BCUT2D eigenvalue weighted by Gasteiger charge is 2.51. The lowest BCUT2D eigenvalue weighted by Gasteiger charge is -2.32. The molecule has 1 aliphatic heterocycles. The summed E-state index contributed by atoms with van der Waals surface area (Å²) in [6.07, 6.45) is 0. The van der Waals surface area contributed by atoms with Crippen LogP contribution in [0, 0.1) is 0 Å². The van der Waals surface area contributed by atoms with Crippen molar-refractivity contribution in [1.29, 1.82) is 0 Å². The van der Waals surface area contributed by atoms with Gasteiger partial charge in [-0.3, -0.25) is 0 Å². The number of hydrogen-bond acceptors (Lipinski definition) is 2. The van der Waals surface area contributed by atoms with Gasteiger partial charge in [0.25, 0.3) is 0 Å². The molecule has 0 aromatic heterocycles. The van der Waals surface area contributed by atoms with Gasteiger partial charge in [-0.2, -0.15) is 0 Å². The Balaban J connectivity index is 1.56. The van der Waals surface area contributed by atoms with Gasteiger partial charge >= 0.3 is 7.12 Å². The van der Waals surface area contributed by atoms with E-state index in [0.29, 0.717) is 0 Å². The van der Waals surface area contributed by atoms with Crippen molar-refractivity contribution in [3.63, 3.8) is 0 Å². The Labute approximate surface area is 207 Å². The van der Waals surface area contributed by atoms with Gasteiger partial charge in [-0.25, -0.2) is 0 Å². The lowest BCUT2D eigenvalue weighted by molar-refractivity contribution is 0.00578. The zero-order valence-corrected chi connectivity index (χ0v) is 20.7. The minimum Gasteiger partial charge on any atom is -0.399 e. The molecule has 1 aliphatic rings. The summed E-state index contributed by atoms with van der Waals surface area (Å²) in [7, 11) is -0.385. The molecule has 35 heavy (non-hydrogen) atoms. The third kappa shape index (κ3) is 3.76. The highest BCUT2D eigenvalue weighted by Crippen LogP contribution is 2.39. The van der Waals surface area contributed by atoms with Crippen LogP contribution in [-0.4, -0.2) is 18.3 Å². The average Bonchev–Trinajstić information content (AvgIpc) is 3.10. The molecule has 2 nitrogen and oxygen atoms in total. The quantitative estimate of drug-likeness (QED) is 0.205. The fraction of sp³-hybridized carbons (Fsp3) is 0.188. The topological polar surface area (TPSA) is 18.5 Å². The van der Waals surface area contributed by atoms with Crippen molar-refractivity contribution < 1.29 is 9.31 Å². The first-order valence-electron chi connectivity index (χ1n) is 12.3. The summed E-state index contributed by atoms with van der Waals surface area (Å²) in [6.45, 7) is 8.39. The zero-order chi connectivity index (χ0) is 24.2. The van der Waals surface area contributed by atoms with E-state index in [0.717, 1.165) is 5.46 Å². The molecular formula is C32H29BO2. The lowest BCUT2D eigenvalue weighted by Crippen LogP contribution is -2.41. The summed E-state index contributed by atoms with van der Waals surface area (Å²) in [5.41, 5.74) is 5.19. The van der Waals surface area contributed by atoms with Crippen molar-refractivity contribution in [2.24, 2.45) is 0 Å². The molecule has 0 spiro atoms. The molecule has 3 heteroatoms. The molecule has 1 fully saturated rings. The van der Waals surface area contributed by atoms with Gasteiger partial charge in [0, 0.05) is 0 Å². The number of fused-ring (bicyclic) bond motifs is 3. The molecular weight excluding hydrogens is 427 g/mol.